The molecule has 0 saturated carbocycles. The summed E-state index contributed by atoms with van der Waals surface area (Å²) in [6, 6.07) is 4.89. The molecule has 0 heterocycles. The van der Waals surface area contributed by atoms with Crippen molar-refractivity contribution in [3.63, 3.8) is 0 Å². The zero-order valence-electron chi connectivity index (χ0n) is 8.26. The summed E-state index contributed by atoms with van der Waals surface area (Å²) >= 11 is 0. The van der Waals surface area contributed by atoms with Crippen molar-refractivity contribution in [1.29, 1.82) is 0 Å². The standard InChI is InChI=1S/C11H12NO2/c1-3-10(13)8-5-4-6-9(7(8)2)11(12)14/h4-6,12H,3H2,1-2H3. The smallest absolute Gasteiger partial charge is 0.269 e. The summed E-state index contributed by atoms with van der Waals surface area (Å²) < 4.78 is 0. The summed E-state index contributed by atoms with van der Waals surface area (Å²) in [5.41, 5.74) is 8.47. The lowest BCUT2D eigenvalue weighted by molar-refractivity contribution is 0.0987. The van der Waals surface area contributed by atoms with Gasteiger partial charge in [0, 0.05) is 17.5 Å². The monoisotopic (exact) mass is 190 g/mol. The third-order valence-electron chi connectivity index (χ3n) is 2.20. The molecule has 1 amide bonds. The van der Waals surface area contributed by atoms with Crippen molar-refractivity contribution in [2.45, 2.75) is 20.3 Å². The van der Waals surface area contributed by atoms with Crippen LogP contribution in [0.25, 0.3) is 0 Å². The Balaban J connectivity index is 3.27. The number of hydrogen-bond donors (Lipinski definition) is 0. The molecule has 0 bridgehead atoms. The highest BCUT2D eigenvalue weighted by Crippen LogP contribution is 2.15. The predicted octanol–water partition coefficient (Wildman–Crippen LogP) is 2.01. The lowest BCUT2D eigenvalue weighted by Crippen LogP contribution is -2.07. The molecular formula is C11H12NO2. The summed E-state index contributed by atoms with van der Waals surface area (Å²) in [6.45, 7) is 3.47. The Kier molecular flexibility index (Phi) is 3.02. The van der Waals surface area contributed by atoms with Gasteiger partial charge in [-0.2, -0.15) is 0 Å². The first-order chi connectivity index (χ1) is 6.57. The van der Waals surface area contributed by atoms with Crippen molar-refractivity contribution in [2.75, 3.05) is 0 Å². The molecule has 0 atom stereocenters. The van der Waals surface area contributed by atoms with E-state index >= 15 is 0 Å². The molecular weight excluding hydrogens is 178 g/mol. The van der Waals surface area contributed by atoms with Crippen LogP contribution in [0.3, 0.4) is 0 Å². The minimum atomic E-state index is -0.742. The molecule has 0 spiro atoms. The second-order valence-corrected chi connectivity index (χ2v) is 3.08. The third-order valence-corrected chi connectivity index (χ3v) is 2.20. The average molecular weight is 190 g/mol. The van der Waals surface area contributed by atoms with E-state index in [2.05, 4.69) is 0 Å². The lowest BCUT2D eigenvalue weighted by Gasteiger charge is -2.06. The van der Waals surface area contributed by atoms with Crippen LogP contribution < -0.4 is 5.73 Å². The van der Waals surface area contributed by atoms with Gasteiger partial charge in [0.05, 0.1) is 0 Å². The van der Waals surface area contributed by atoms with Crippen molar-refractivity contribution in [2.24, 2.45) is 0 Å². The fourth-order valence-corrected chi connectivity index (χ4v) is 1.37. The number of benzene rings is 1. The fraction of sp³-hybridized carbons (Fsp3) is 0.273. The van der Waals surface area contributed by atoms with E-state index in [9.17, 15) is 9.59 Å². The number of carbonyl (C=O) groups excluding carboxylic acids is 2. The summed E-state index contributed by atoms with van der Waals surface area (Å²) in [5.74, 6) is -0.737. The minimum Gasteiger partial charge on any atom is -0.294 e. The Morgan fingerprint density at radius 3 is 2.36 bits per heavy atom. The summed E-state index contributed by atoms with van der Waals surface area (Å²) in [5, 5.41) is 0. The SMILES string of the molecule is CCC(=O)c1cccc(C([NH])=O)c1C. The van der Waals surface area contributed by atoms with Crippen LogP contribution in [-0.2, 0) is 0 Å². The number of Topliss-reactive ketones (excluding diaryl/α,β-unsaturated/α-hetero) is 1. The second kappa shape index (κ2) is 4.05. The summed E-state index contributed by atoms with van der Waals surface area (Å²) in [4.78, 5) is 22.3. The quantitative estimate of drug-likeness (QED) is 0.684. The van der Waals surface area contributed by atoms with Crippen LogP contribution >= 0.6 is 0 Å². The van der Waals surface area contributed by atoms with Gasteiger partial charge in [-0.1, -0.05) is 19.1 Å². The molecule has 73 valence electrons. The van der Waals surface area contributed by atoms with Gasteiger partial charge >= 0.3 is 0 Å². The van der Waals surface area contributed by atoms with Gasteiger partial charge in [0.25, 0.3) is 5.91 Å². The molecule has 1 rings (SSSR count). The van der Waals surface area contributed by atoms with Crippen molar-refractivity contribution in [3.8, 4) is 0 Å². The number of carbonyl (C=O) groups is 2. The minimum absolute atomic E-state index is 0.00519. The molecule has 0 aliphatic carbocycles. The number of hydrogen-bond acceptors (Lipinski definition) is 2. The van der Waals surface area contributed by atoms with Crippen LogP contribution in [0, 0.1) is 6.92 Å². The Morgan fingerprint density at radius 1 is 1.29 bits per heavy atom. The third kappa shape index (κ3) is 1.82. The van der Waals surface area contributed by atoms with Crippen LogP contribution in [0.2, 0.25) is 0 Å². The number of amides is 1. The maximum atomic E-state index is 11.4. The zero-order valence-corrected chi connectivity index (χ0v) is 8.26. The molecule has 0 unspecified atom stereocenters. The molecule has 3 heteroatoms. The van der Waals surface area contributed by atoms with Gasteiger partial charge in [-0.25, -0.2) is 0 Å². The first-order valence-electron chi connectivity index (χ1n) is 4.46. The maximum Gasteiger partial charge on any atom is 0.269 e. The van der Waals surface area contributed by atoms with E-state index in [0.29, 0.717) is 23.1 Å². The molecule has 0 saturated heterocycles. The zero-order chi connectivity index (χ0) is 10.7. The van der Waals surface area contributed by atoms with Crippen LogP contribution in [-0.4, -0.2) is 11.7 Å². The van der Waals surface area contributed by atoms with Gasteiger partial charge in [0.1, 0.15) is 0 Å². The Morgan fingerprint density at radius 2 is 1.86 bits per heavy atom. The van der Waals surface area contributed by atoms with E-state index < -0.39 is 5.91 Å². The fourth-order valence-electron chi connectivity index (χ4n) is 1.37. The normalized spacial score (nSPS) is 9.86. The van der Waals surface area contributed by atoms with E-state index in [4.69, 9.17) is 5.73 Å². The molecule has 1 aromatic carbocycles. The van der Waals surface area contributed by atoms with E-state index in [1.54, 1.807) is 32.0 Å². The molecule has 0 aliphatic rings. The molecule has 1 radical (unpaired) electrons. The lowest BCUT2D eigenvalue weighted by atomic mass is 9.98. The summed E-state index contributed by atoms with van der Waals surface area (Å²) in [6.07, 6.45) is 0.413. The highest BCUT2D eigenvalue weighted by Gasteiger charge is 2.12. The van der Waals surface area contributed by atoms with Crippen LogP contribution in [0.15, 0.2) is 18.2 Å². The highest BCUT2D eigenvalue weighted by molar-refractivity contribution is 6.02. The predicted molar refractivity (Wildman–Crippen MR) is 53.2 cm³/mol. The van der Waals surface area contributed by atoms with Gasteiger partial charge in [-0.05, 0) is 18.6 Å². The highest BCUT2D eigenvalue weighted by atomic mass is 16.1. The van der Waals surface area contributed by atoms with Gasteiger partial charge in [0.15, 0.2) is 5.78 Å². The molecule has 0 aromatic heterocycles. The van der Waals surface area contributed by atoms with Crippen molar-refractivity contribution in [3.05, 3.63) is 34.9 Å². The Bertz CT molecular complexity index is 383. The second-order valence-electron chi connectivity index (χ2n) is 3.08. The Labute approximate surface area is 82.9 Å². The number of ketones is 1. The summed E-state index contributed by atoms with van der Waals surface area (Å²) in [7, 11) is 0. The van der Waals surface area contributed by atoms with E-state index in [0.717, 1.165) is 0 Å². The Hall–Kier alpha value is -1.64. The molecule has 1 aromatic rings. The van der Waals surface area contributed by atoms with Crippen LogP contribution in [0.5, 0.6) is 0 Å². The van der Waals surface area contributed by atoms with Gasteiger partial charge in [-0.15, -0.1) is 0 Å². The topological polar surface area (TPSA) is 57.9 Å². The van der Waals surface area contributed by atoms with Crippen LogP contribution in [0.1, 0.15) is 39.6 Å². The first-order valence-corrected chi connectivity index (χ1v) is 4.46. The number of nitrogens with one attached hydrogen (secondary N) is 1. The first kappa shape index (κ1) is 10.4. The molecule has 0 aliphatic heterocycles. The van der Waals surface area contributed by atoms with Crippen molar-refractivity contribution < 1.29 is 9.59 Å². The molecule has 1 N–H and O–H groups in total. The largest absolute Gasteiger partial charge is 0.294 e. The van der Waals surface area contributed by atoms with Gasteiger partial charge < -0.3 is 0 Å². The average Bonchev–Trinajstić information content (AvgIpc) is 2.16. The van der Waals surface area contributed by atoms with E-state index in [1.807, 2.05) is 0 Å². The van der Waals surface area contributed by atoms with Crippen LogP contribution in [0.4, 0.5) is 0 Å². The maximum absolute atomic E-state index is 11.4. The van der Waals surface area contributed by atoms with Crippen molar-refractivity contribution in [1.82, 2.24) is 5.73 Å². The molecule has 0 fully saturated rings. The van der Waals surface area contributed by atoms with E-state index in [1.165, 1.54) is 0 Å². The molecule has 14 heavy (non-hydrogen) atoms. The number of rotatable bonds is 3. The van der Waals surface area contributed by atoms with Gasteiger partial charge in [-0.3, -0.25) is 15.3 Å². The van der Waals surface area contributed by atoms with E-state index in [-0.39, 0.29) is 5.78 Å². The molecule has 3 nitrogen and oxygen atoms in total. The van der Waals surface area contributed by atoms with Gasteiger partial charge in [0.2, 0.25) is 0 Å². The van der Waals surface area contributed by atoms with Crippen molar-refractivity contribution >= 4 is 11.7 Å².